The SMILES string of the molecule is CCCCCCCCCCCCCCC/C=C/C(O)C(COP(=O)([O-])OCC[N+](C)(C)C)NC(=O)CCCCCCCCCCCC. The number of nitrogens with zero attached hydrogens (tertiary/aromatic N) is 1. The van der Waals surface area contributed by atoms with E-state index >= 15 is 0 Å². The Balaban J connectivity index is 4.50. The molecule has 2 N–H and O–H groups in total. The van der Waals surface area contributed by atoms with Crippen LogP contribution in [0.2, 0.25) is 0 Å². The van der Waals surface area contributed by atoms with Crippen molar-refractivity contribution in [3.05, 3.63) is 12.2 Å². The second-order valence-corrected chi connectivity index (χ2v) is 16.1. The number of allylic oxidation sites excluding steroid dienone is 1. The highest BCUT2D eigenvalue weighted by Crippen LogP contribution is 2.38. The average Bonchev–Trinajstić information content (AvgIpc) is 3.01. The van der Waals surface area contributed by atoms with Crippen LogP contribution in [-0.4, -0.2) is 68.5 Å². The Hall–Kier alpha value is -0.760. The smallest absolute Gasteiger partial charge is 0.268 e. The summed E-state index contributed by atoms with van der Waals surface area (Å²) in [5.41, 5.74) is 0. The minimum absolute atomic E-state index is 0.00161. The Kier molecular flexibility index (Phi) is 30.7. The largest absolute Gasteiger partial charge is 0.756 e. The van der Waals surface area contributed by atoms with Gasteiger partial charge < -0.3 is 28.8 Å². The normalized spacial score (nSPS) is 14.8. The molecule has 0 aromatic rings. The number of nitrogens with one attached hydrogen (secondary N) is 1. The van der Waals surface area contributed by atoms with Gasteiger partial charge >= 0.3 is 0 Å². The molecule has 47 heavy (non-hydrogen) atoms. The highest BCUT2D eigenvalue weighted by Gasteiger charge is 2.23. The number of aliphatic hydroxyl groups excluding tert-OH is 1. The van der Waals surface area contributed by atoms with Gasteiger partial charge in [0.2, 0.25) is 5.91 Å². The second kappa shape index (κ2) is 31.2. The summed E-state index contributed by atoms with van der Waals surface area (Å²) in [4.78, 5) is 25.1. The Bertz CT molecular complexity index is 789. The summed E-state index contributed by atoms with van der Waals surface area (Å²) in [5, 5.41) is 13.7. The molecule has 280 valence electrons. The van der Waals surface area contributed by atoms with E-state index in [1.54, 1.807) is 6.08 Å². The highest BCUT2D eigenvalue weighted by molar-refractivity contribution is 7.45. The summed E-state index contributed by atoms with van der Waals surface area (Å²) in [6.07, 6.45) is 32.5. The Labute approximate surface area is 291 Å². The number of carbonyl (C=O) groups is 1. The number of phosphoric acid groups is 1. The number of hydrogen-bond donors (Lipinski definition) is 2. The van der Waals surface area contributed by atoms with Gasteiger partial charge in [0, 0.05) is 6.42 Å². The van der Waals surface area contributed by atoms with E-state index in [9.17, 15) is 19.4 Å². The molecule has 8 nitrogen and oxygen atoms in total. The zero-order chi connectivity index (χ0) is 35.1. The molecule has 0 aromatic carbocycles. The van der Waals surface area contributed by atoms with Crippen molar-refractivity contribution in [2.75, 3.05) is 40.9 Å². The van der Waals surface area contributed by atoms with Gasteiger partial charge in [-0.1, -0.05) is 161 Å². The van der Waals surface area contributed by atoms with Crippen LogP contribution in [0.5, 0.6) is 0 Å². The van der Waals surface area contributed by atoms with Crippen molar-refractivity contribution in [3.8, 4) is 0 Å². The monoisotopic (exact) mass is 689 g/mol. The Morgan fingerprint density at radius 3 is 1.60 bits per heavy atom. The first-order valence-corrected chi connectivity index (χ1v) is 21.0. The van der Waals surface area contributed by atoms with Gasteiger partial charge in [0.25, 0.3) is 7.82 Å². The van der Waals surface area contributed by atoms with Crippen LogP contribution in [0.15, 0.2) is 12.2 Å². The minimum Gasteiger partial charge on any atom is -0.756 e. The molecule has 0 rings (SSSR count). The van der Waals surface area contributed by atoms with Crippen molar-refractivity contribution in [2.45, 2.75) is 187 Å². The number of carbonyl (C=O) groups excluding carboxylic acids is 1. The van der Waals surface area contributed by atoms with Gasteiger partial charge in [-0.05, 0) is 19.3 Å². The minimum atomic E-state index is -4.57. The van der Waals surface area contributed by atoms with Crippen LogP contribution >= 0.6 is 7.82 Å². The Morgan fingerprint density at radius 2 is 1.15 bits per heavy atom. The third kappa shape index (κ3) is 33.5. The van der Waals surface area contributed by atoms with E-state index in [2.05, 4.69) is 19.2 Å². The number of rotatable bonds is 35. The summed E-state index contributed by atoms with van der Waals surface area (Å²) in [5.74, 6) is -0.200. The molecule has 0 heterocycles. The molecule has 0 bridgehead atoms. The van der Waals surface area contributed by atoms with E-state index < -0.39 is 20.0 Å². The van der Waals surface area contributed by atoms with Gasteiger partial charge in [-0.2, -0.15) is 0 Å². The van der Waals surface area contributed by atoms with Crippen LogP contribution in [0.4, 0.5) is 0 Å². The summed E-state index contributed by atoms with van der Waals surface area (Å²) in [7, 11) is 1.26. The van der Waals surface area contributed by atoms with Crippen molar-refractivity contribution in [3.63, 3.8) is 0 Å². The average molecular weight is 689 g/mol. The lowest BCUT2D eigenvalue weighted by Gasteiger charge is -2.29. The molecule has 1 amide bonds. The second-order valence-electron chi connectivity index (χ2n) is 14.6. The zero-order valence-corrected chi connectivity index (χ0v) is 32.4. The van der Waals surface area contributed by atoms with Crippen LogP contribution in [0.3, 0.4) is 0 Å². The fourth-order valence-electron chi connectivity index (χ4n) is 5.56. The first kappa shape index (κ1) is 46.2. The number of quaternary nitrogens is 1. The maximum absolute atomic E-state index is 12.7. The van der Waals surface area contributed by atoms with Gasteiger partial charge in [-0.25, -0.2) is 0 Å². The predicted octanol–water partition coefficient (Wildman–Crippen LogP) is 9.39. The van der Waals surface area contributed by atoms with Gasteiger partial charge in [0.15, 0.2) is 0 Å². The van der Waals surface area contributed by atoms with E-state index in [1.165, 1.54) is 116 Å². The number of unbranched alkanes of at least 4 members (excludes halogenated alkanes) is 22. The van der Waals surface area contributed by atoms with Crippen LogP contribution in [0.25, 0.3) is 0 Å². The Morgan fingerprint density at radius 1 is 0.723 bits per heavy atom. The molecule has 0 aliphatic heterocycles. The van der Waals surface area contributed by atoms with E-state index in [-0.39, 0.29) is 19.1 Å². The lowest BCUT2D eigenvalue weighted by molar-refractivity contribution is -0.870. The standard InChI is InChI=1S/C38H77N2O6P/c1-6-8-10-12-14-16-18-19-20-21-22-23-25-27-29-31-37(41)36(35-46-47(43,44)45-34-33-40(3,4)5)39-38(42)32-30-28-26-24-17-15-13-11-9-7-2/h29,31,36-37,41H,6-28,30,32-35H2,1-5H3,(H-,39,42,43,44)/b31-29+. The van der Waals surface area contributed by atoms with Crippen LogP contribution in [0.1, 0.15) is 174 Å². The molecule has 0 fully saturated rings. The van der Waals surface area contributed by atoms with E-state index in [0.29, 0.717) is 17.4 Å². The quantitative estimate of drug-likeness (QED) is 0.0297. The van der Waals surface area contributed by atoms with Crippen LogP contribution in [-0.2, 0) is 18.4 Å². The lowest BCUT2D eigenvalue weighted by atomic mass is 10.0. The molecular weight excluding hydrogens is 611 g/mol. The maximum Gasteiger partial charge on any atom is 0.268 e. The summed E-state index contributed by atoms with van der Waals surface area (Å²) in [6, 6.07) is -0.877. The molecule has 0 spiro atoms. The van der Waals surface area contributed by atoms with Gasteiger partial charge in [-0.3, -0.25) is 9.36 Å². The predicted molar refractivity (Wildman–Crippen MR) is 196 cm³/mol. The number of phosphoric ester groups is 1. The molecule has 0 aliphatic carbocycles. The molecule has 0 aromatic heterocycles. The number of hydrogen-bond acceptors (Lipinski definition) is 6. The molecule has 0 radical (unpaired) electrons. The van der Waals surface area contributed by atoms with Crippen LogP contribution < -0.4 is 10.2 Å². The molecule has 3 atom stereocenters. The number of aliphatic hydroxyl groups is 1. The topological polar surface area (TPSA) is 108 Å². The van der Waals surface area contributed by atoms with E-state index in [1.807, 2.05) is 27.2 Å². The fraction of sp³-hybridized carbons (Fsp3) is 0.921. The number of amides is 1. The number of likely N-dealkylation sites (N-methyl/N-ethyl adjacent to an activating group) is 1. The molecule has 3 unspecified atom stereocenters. The molecular formula is C38H77N2O6P. The fourth-order valence-corrected chi connectivity index (χ4v) is 6.29. The summed E-state index contributed by atoms with van der Waals surface area (Å²) in [6.45, 7) is 4.62. The molecule has 0 saturated heterocycles. The van der Waals surface area contributed by atoms with Crippen molar-refractivity contribution >= 4 is 13.7 Å². The highest BCUT2D eigenvalue weighted by atomic mass is 31.2. The van der Waals surface area contributed by atoms with Crippen molar-refractivity contribution in [1.82, 2.24) is 5.32 Å². The first-order chi connectivity index (χ1) is 22.5. The van der Waals surface area contributed by atoms with Gasteiger partial charge in [0.05, 0.1) is 39.9 Å². The van der Waals surface area contributed by atoms with E-state index in [0.717, 1.165) is 38.5 Å². The molecule has 0 aliphatic rings. The third-order valence-corrected chi connectivity index (χ3v) is 9.71. The van der Waals surface area contributed by atoms with Crippen molar-refractivity contribution in [1.29, 1.82) is 0 Å². The van der Waals surface area contributed by atoms with Gasteiger partial charge in [0.1, 0.15) is 13.2 Å². The van der Waals surface area contributed by atoms with Gasteiger partial charge in [-0.15, -0.1) is 0 Å². The van der Waals surface area contributed by atoms with Crippen LogP contribution in [0, 0.1) is 0 Å². The zero-order valence-electron chi connectivity index (χ0n) is 31.5. The third-order valence-electron chi connectivity index (χ3n) is 8.75. The molecule has 0 saturated carbocycles. The summed E-state index contributed by atoms with van der Waals surface area (Å²) >= 11 is 0. The summed E-state index contributed by atoms with van der Waals surface area (Å²) < 4.78 is 23.1. The van der Waals surface area contributed by atoms with E-state index in [4.69, 9.17) is 9.05 Å². The first-order valence-electron chi connectivity index (χ1n) is 19.6. The van der Waals surface area contributed by atoms with Crippen molar-refractivity contribution < 1.29 is 32.9 Å². The lowest BCUT2D eigenvalue weighted by Crippen LogP contribution is -2.45. The maximum atomic E-state index is 12.7. The van der Waals surface area contributed by atoms with Crippen molar-refractivity contribution in [2.24, 2.45) is 0 Å². The molecule has 9 heteroatoms.